The molecule has 1 saturated heterocycles. The summed E-state index contributed by atoms with van der Waals surface area (Å²) in [5.41, 5.74) is 7.60. The van der Waals surface area contributed by atoms with E-state index in [1.54, 1.807) is 0 Å². The number of likely N-dealkylation sites (N-methyl/N-ethyl adjacent to an activating group) is 1. The SMILES string of the molecule is CN1CCN(c2nccc3[nH]c(-c4n[nH]c5ncc(-c6cncc(CNCc7ccccc7)c6)cc45)nc23)CC1. The van der Waals surface area contributed by atoms with E-state index in [1.165, 1.54) is 5.56 Å². The molecule has 0 unspecified atom stereocenters. The molecule has 7 rings (SSSR count). The maximum absolute atomic E-state index is 4.97. The standard InChI is InChI=1S/C30H30N10/c1-39-9-11-40(12-10-39)30-27-25(7-8-33-30)35-29(36-27)26-24-14-23(19-34-28(24)38-37-26)22-13-21(17-32-18-22)16-31-15-20-5-3-2-4-6-20/h2-8,13-14,17-19,31H,9-12,15-16H2,1H3,(H,35,36)(H,34,37,38). The van der Waals surface area contributed by atoms with Gasteiger partial charge in [0.25, 0.3) is 0 Å². The maximum Gasteiger partial charge on any atom is 0.159 e. The lowest BCUT2D eigenvalue weighted by atomic mass is 10.1. The predicted molar refractivity (Wildman–Crippen MR) is 157 cm³/mol. The minimum Gasteiger partial charge on any atom is -0.352 e. The Bertz CT molecular complexity index is 1770. The number of aromatic nitrogens is 7. The highest BCUT2D eigenvalue weighted by molar-refractivity contribution is 5.95. The van der Waals surface area contributed by atoms with E-state index in [2.05, 4.69) is 88.7 Å². The number of pyridine rings is 3. The molecule has 0 bridgehead atoms. The summed E-state index contributed by atoms with van der Waals surface area (Å²) in [4.78, 5) is 26.9. The first-order valence-electron chi connectivity index (χ1n) is 13.5. The molecular weight excluding hydrogens is 500 g/mol. The highest BCUT2D eigenvalue weighted by Gasteiger charge is 2.21. The molecule has 0 aliphatic carbocycles. The Morgan fingerprint density at radius 3 is 2.58 bits per heavy atom. The second kappa shape index (κ2) is 10.5. The van der Waals surface area contributed by atoms with Gasteiger partial charge in [0.05, 0.1) is 10.9 Å². The molecular formula is C30H30N10. The molecule has 1 aliphatic rings. The summed E-state index contributed by atoms with van der Waals surface area (Å²) in [6.45, 7) is 5.40. The average molecular weight is 531 g/mol. The first-order chi connectivity index (χ1) is 19.7. The van der Waals surface area contributed by atoms with Crippen molar-refractivity contribution < 1.29 is 0 Å². The molecule has 0 radical (unpaired) electrons. The fourth-order valence-electron chi connectivity index (χ4n) is 5.21. The molecule has 0 saturated carbocycles. The van der Waals surface area contributed by atoms with Gasteiger partial charge in [-0.05, 0) is 36.4 Å². The van der Waals surface area contributed by atoms with Crippen LogP contribution in [0.1, 0.15) is 11.1 Å². The Morgan fingerprint density at radius 2 is 1.70 bits per heavy atom. The van der Waals surface area contributed by atoms with Crippen LogP contribution in [0.2, 0.25) is 0 Å². The average Bonchev–Trinajstić information content (AvgIpc) is 3.62. The van der Waals surface area contributed by atoms with Crippen LogP contribution in [0.3, 0.4) is 0 Å². The number of imidazole rings is 1. The Labute approximate surface area is 231 Å². The van der Waals surface area contributed by atoms with Crippen LogP contribution in [0.4, 0.5) is 5.82 Å². The van der Waals surface area contributed by atoms with E-state index < -0.39 is 0 Å². The lowest BCUT2D eigenvalue weighted by molar-refractivity contribution is 0.312. The van der Waals surface area contributed by atoms with Crippen LogP contribution in [0.15, 0.2) is 73.3 Å². The molecule has 1 aliphatic heterocycles. The van der Waals surface area contributed by atoms with Crippen molar-refractivity contribution in [3.05, 3.63) is 84.4 Å². The molecule has 40 heavy (non-hydrogen) atoms. The van der Waals surface area contributed by atoms with E-state index in [0.717, 1.165) is 83.9 Å². The first kappa shape index (κ1) is 24.4. The summed E-state index contributed by atoms with van der Waals surface area (Å²) in [5.74, 6) is 1.61. The maximum atomic E-state index is 4.97. The third-order valence-corrected chi connectivity index (χ3v) is 7.45. The molecule has 5 aromatic heterocycles. The summed E-state index contributed by atoms with van der Waals surface area (Å²) in [6.07, 6.45) is 7.47. The number of H-pyrrole nitrogens is 2. The molecule has 10 nitrogen and oxygen atoms in total. The van der Waals surface area contributed by atoms with Gasteiger partial charge in [0.15, 0.2) is 17.3 Å². The minimum atomic E-state index is 0.695. The fourth-order valence-corrected chi connectivity index (χ4v) is 5.21. The van der Waals surface area contributed by atoms with Gasteiger partial charge in [-0.1, -0.05) is 30.3 Å². The molecule has 3 N–H and O–H groups in total. The van der Waals surface area contributed by atoms with Crippen LogP contribution in [-0.2, 0) is 13.1 Å². The second-order valence-corrected chi connectivity index (χ2v) is 10.3. The number of aromatic amines is 2. The van der Waals surface area contributed by atoms with Crippen molar-refractivity contribution in [3.63, 3.8) is 0 Å². The molecule has 0 amide bonds. The van der Waals surface area contributed by atoms with Gasteiger partial charge in [0, 0.05) is 75.2 Å². The lowest BCUT2D eigenvalue weighted by Gasteiger charge is -2.33. The molecule has 1 aromatic carbocycles. The van der Waals surface area contributed by atoms with Gasteiger partial charge in [0.2, 0.25) is 0 Å². The Kier molecular flexibility index (Phi) is 6.39. The summed E-state index contributed by atoms with van der Waals surface area (Å²) in [7, 11) is 2.15. The van der Waals surface area contributed by atoms with Crippen molar-refractivity contribution >= 4 is 27.9 Å². The lowest BCUT2D eigenvalue weighted by Crippen LogP contribution is -2.44. The molecule has 200 valence electrons. The number of rotatable bonds is 7. The van der Waals surface area contributed by atoms with E-state index in [-0.39, 0.29) is 0 Å². The molecule has 0 spiro atoms. The third-order valence-electron chi connectivity index (χ3n) is 7.45. The highest BCUT2D eigenvalue weighted by atomic mass is 15.3. The van der Waals surface area contributed by atoms with Crippen molar-refractivity contribution in [2.75, 3.05) is 38.1 Å². The zero-order chi connectivity index (χ0) is 26.9. The molecule has 0 atom stereocenters. The highest BCUT2D eigenvalue weighted by Crippen LogP contribution is 2.31. The van der Waals surface area contributed by atoms with E-state index >= 15 is 0 Å². The zero-order valence-corrected chi connectivity index (χ0v) is 22.3. The summed E-state index contributed by atoms with van der Waals surface area (Å²) >= 11 is 0. The van der Waals surface area contributed by atoms with Gasteiger partial charge in [0.1, 0.15) is 11.2 Å². The van der Waals surface area contributed by atoms with Crippen molar-refractivity contribution in [1.29, 1.82) is 0 Å². The number of benzene rings is 1. The van der Waals surface area contributed by atoms with Crippen LogP contribution >= 0.6 is 0 Å². The molecule has 10 heteroatoms. The molecule has 6 heterocycles. The predicted octanol–water partition coefficient (Wildman–Crippen LogP) is 4.00. The van der Waals surface area contributed by atoms with E-state index in [4.69, 9.17) is 4.98 Å². The van der Waals surface area contributed by atoms with E-state index in [0.29, 0.717) is 11.5 Å². The Balaban J connectivity index is 1.17. The summed E-state index contributed by atoms with van der Waals surface area (Å²) in [5, 5.41) is 12.1. The van der Waals surface area contributed by atoms with Gasteiger partial charge in [-0.2, -0.15) is 5.10 Å². The third kappa shape index (κ3) is 4.78. The van der Waals surface area contributed by atoms with Gasteiger partial charge in [-0.3, -0.25) is 10.1 Å². The van der Waals surface area contributed by atoms with Crippen molar-refractivity contribution in [3.8, 4) is 22.6 Å². The number of hydrogen-bond donors (Lipinski definition) is 3. The van der Waals surface area contributed by atoms with Crippen LogP contribution in [0.25, 0.3) is 44.7 Å². The smallest absolute Gasteiger partial charge is 0.159 e. The largest absolute Gasteiger partial charge is 0.352 e. The number of fused-ring (bicyclic) bond motifs is 2. The van der Waals surface area contributed by atoms with Gasteiger partial charge in [-0.15, -0.1) is 0 Å². The number of piperazine rings is 1. The fraction of sp³-hybridized carbons (Fsp3) is 0.233. The Hall–Kier alpha value is -4.67. The van der Waals surface area contributed by atoms with Crippen molar-refractivity contribution in [1.82, 2.24) is 45.3 Å². The second-order valence-electron chi connectivity index (χ2n) is 10.3. The van der Waals surface area contributed by atoms with Crippen LogP contribution in [0, 0.1) is 0 Å². The van der Waals surface area contributed by atoms with Gasteiger partial charge in [-0.25, -0.2) is 15.0 Å². The summed E-state index contributed by atoms with van der Waals surface area (Å²) < 4.78 is 0. The van der Waals surface area contributed by atoms with Gasteiger partial charge >= 0.3 is 0 Å². The normalized spacial score (nSPS) is 14.4. The number of nitrogens with zero attached hydrogens (tertiary/aromatic N) is 7. The number of nitrogens with one attached hydrogen (secondary N) is 3. The van der Waals surface area contributed by atoms with Crippen molar-refractivity contribution in [2.24, 2.45) is 0 Å². The first-order valence-corrected chi connectivity index (χ1v) is 13.5. The molecule has 1 fully saturated rings. The summed E-state index contributed by atoms with van der Waals surface area (Å²) in [6, 6.07) is 16.6. The Morgan fingerprint density at radius 1 is 0.875 bits per heavy atom. The molecule has 6 aromatic rings. The van der Waals surface area contributed by atoms with Crippen molar-refractivity contribution in [2.45, 2.75) is 13.1 Å². The van der Waals surface area contributed by atoms with Crippen LogP contribution in [-0.4, -0.2) is 73.2 Å². The zero-order valence-electron chi connectivity index (χ0n) is 22.3. The number of anilines is 1. The van der Waals surface area contributed by atoms with E-state index in [1.807, 2.05) is 36.9 Å². The van der Waals surface area contributed by atoms with Gasteiger partial charge < -0.3 is 20.1 Å². The quantitative estimate of drug-likeness (QED) is 0.284. The van der Waals surface area contributed by atoms with E-state index in [9.17, 15) is 0 Å². The monoisotopic (exact) mass is 530 g/mol. The van der Waals surface area contributed by atoms with Crippen LogP contribution < -0.4 is 10.2 Å². The minimum absolute atomic E-state index is 0.695. The topological polar surface area (TPSA) is 115 Å². The number of hydrogen-bond acceptors (Lipinski definition) is 8. The van der Waals surface area contributed by atoms with Crippen LogP contribution in [0.5, 0.6) is 0 Å².